The molecule has 1 aromatic carbocycles. The number of para-hydroxylation sites is 1. The molecule has 1 aliphatic heterocycles. The highest BCUT2D eigenvalue weighted by Crippen LogP contribution is 2.14. The van der Waals surface area contributed by atoms with Gasteiger partial charge in [0.15, 0.2) is 0 Å². The molecule has 1 heterocycles. The number of anilines is 1. The minimum absolute atomic E-state index is 0.0751. The van der Waals surface area contributed by atoms with Crippen molar-refractivity contribution < 1.29 is 4.79 Å². The van der Waals surface area contributed by atoms with Crippen LogP contribution in [0.5, 0.6) is 0 Å². The Balaban J connectivity index is 1.75. The van der Waals surface area contributed by atoms with Gasteiger partial charge in [-0.2, -0.15) is 0 Å². The predicted molar refractivity (Wildman–Crippen MR) is 82.7 cm³/mol. The van der Waals surface area contributed by atoms with Gasteiger partial charge < -0.3 is 16.0 Å². The summed E-state index contributed by atoms with van der Waals surface area (Å²) in [4.78, 5) is 14.5. The number of nitrogen functional groups attached to an aromatic ring is 1. The fraction of sp³-hybridized carbons (Fsp3) is 0.562. The number of hydrogen-bond donors (Lipinski definition) is 2. The Hall–Kier alpha value is -1.55. The Morgan fingerprint density at radius 2 is 2.00 bits per heavy atom. The molecule has 1 atom stereocenters. The van der Waals surface area contributed by atoms with Crippen molar-refractivity contribution in [2.75, 3.05) is 25.4 Å². The van der Waals surface area contributed by atoms with Gasteiger partial charge in [-0.25, -0.2) is 0 Å². The summed E-state index contributed by atoms with van der Waals surface area (Å²) in [5, 5.41) is 2.96. The van der Waals surface area contributed by atoms with Crippen LogP contribution < -0.4 is 11.1 Å². The zero-order valence-electron chi connectivity index (χ0n) is 12.3. The number of hydrogen-bond acceptors (Lipinski definition) is 3. The summed E-state index contributed by atoms with van der Waals surface area (Å²) in [6.45, 7) is 5.33. The lowest BCUT2D eigenvalue weighted by Crippen LogP contribution is -2.39. The number of rotatable bonds is 5. The highest BCUT2D eigenvalue weighted by atomic mass is 16.1. The molecule has 0 radical (unpaired) electrons. The third-order valence-electron chi connectivity index (χ3n) is 4.07. The number of nitrogens with one attached hydrogen (secondary N) is 1. The van der Waals surface area contributed by atoms with Gasteiger partial charge in [0, 0.05) is 18.3 Å². The van der Waals surface area contributed by atoms with E-state index in [-0.39, 0.29) is 5.91 Å². The van der Waals surface area contributed by atoms with Crippen molar-refractivity contribution in [2.45, 2.75) is 38.6 Å². The topological polar surface area (TPSA) is 58.4 Å². The monoisotopic (exact) mass is 275 g/mol. The number of piperidine rings is 1. The molecular formula is C16H25N3O. The van der Waals surface area contributed by atoms with Crippen molar-refractivity contribution in [2.24, 2.45) is 0 Å². The Kier molecular flexibility index (Phi) is 5.41. The first-order valence-electron chi connectivity index (χ1n) is 7.55. The molecule has 1 saturated heterocycles. The van der Waals surface area contributed by atoms with Crippen molar-refractivity contribution in [1.82, 2.24) is 10.2 Å². The van der Waals surface area contributed by atoms with Gasteiger partial charge in [0.1, 0.15) is 0 Å². The van der Waals surface area contributed by atoms with E-state index in [1.165, 1.54) is 32.4 Å². The molecular weight excluding hydrogens is 250 g/mol. The van der Waals surface area contributed by atoms with Gasteiger partial charge in [-0.1, -0.05) is 18.6 Å². The van der Waals surface area contributed by atoms with Crippen LogP contribution in [0.1, 0.15) is 43.0 Å². The van der Waals surface area contributed by atoms with Crippen LogP contribution in [0.4, 0.5) is 5.69 Å². The number of benzene rings is 1. The highest BCUT2D eigenvalue weighted by molar-refractivity contribution is 5.98. The van der Waals surface area contributed by atoms with E-state index >= 15 is 0 Å². The second-order valence-corrected chi connectivity index (χ2v) is 5.58. The zero-order valence-corrected chi connectivity index (χ0v) is 12.3. The minimum Gasteiger partial charge on any atom is -0.398 e. The molecule has 1 aromatic rings. The first-order chi connectivity index (χ1) is 9.68. The van der Waals surface area contributed by atoms with E-state index in [9.17, 15) is 4.79 Å². The van der Waals surface area contributed by atoms with E-state index in [1.807, 2.05) is 12.1 Å². The normalized spacial score (nSPS) is 17.6. The van der Waals surface area contributed by atoms with Gasteiger partial charge in [-0.3, -0.25) is 4.79 Å². The zero-order chi connectivity index (χ0) is 14.4. The van der Waals surface area contributed by atoms with Gasteiger partial charge in [0.25, 0.3) is 5.91 Å². The first-order valence-corrected chi connectivity index (χ1v) is 7.55. The quantitative estimate of drug-likeness (QED) is 0.810. The Morgan fingerprint density at radius 1 is 1.30 bits per heavy atom. The summed E-state index contributed by atoms with van der Waals surface area (Å²) in [5.41, 5.74) is 6.90. The lowest BCUT2D eigenvalue weighted by Gasteiger charge is -2.32. The van der Waals surface area contributed by atoms with Crippen molar-refractivity contribution in [3.8, 4) is 0 Å². The van der Waals surface area contributed by atoms with Crippen molar-refractivity contribution >= 4 is 11.6 Å². The third kappa shape index (κ3) is 3.97. The molecule has 3 N–H and O–H groups in total. The predicted octanol–water partition coefficient (Wildman–Crippen LogP) is 2.26. The minimum atomic E-state index is -0.0751. The first kappa shape index (κ1) is 14.9. The molecule has 4 nitrogen and oxygen atoms in total. The molecule has 4 heteroatoms. The maximum Gasteiger partial charge on any atom is 0.253 e. The number of amides is 1. The molecule has 0 saturated carbocycles. The Labute approximate surface area is 121 Å². The maximum absolute atomic E-state index is 12.0. The van der Waals surface area contributed by atoms with Crippen LogP contribution in [0.15, 0.2) is 24.3 Å². The van der Waals surface area contributed by atoms with E-state index in [2.05, 4.69) is 17.1 Å². The van der Waals surface area contributed by atoms with Gasteiger partial charge in [0.05, 0.1) is 5.56 Å². The van der Waals surface area contributed by atoms with Crippen molar-refractivity contribution in [3.05, 3.63) is 29.8 Å². The van der Waals surface area contributed by atoms with Crippen molar-refractivity contribution in [3.63, 3.8) is 0 Å². The van der Waals surface area contributed by atoms with Crippen LogP contribution in [-0.4, -0.2) is 36.5 Å². The average molecular weight is 275 g/mol. The fourth-order valence-electron chi connectivity index (χ4n) is 2.74. The van der Waals surface area contributed by atoms with Gasteiger partial charge in [0.2, 0.25) is 0 Å². The smallest absolute Gasteiger partial charge is 0.253 e. The number of nitrogens with zero attached hydrogens (tertiary/aromatic N) is 1. The fourth-order valence-corrected chi connectivity index (χ4v) is 2.74. The molecule has 1 amide bonds. The molecule has 1 aliphatic rings. The molecule has 2 rings (SSSR count). The lowest BCUT2D eigenvalue weighted by molar-refractivity contribution is 0.0947. The molecule has 1 unspecified atom stereocenters. The molecule has 0 aliphatic carbocycles. The standard InChI is InChI=1S/C16H25N3O/c1-13(19-11-5-2-6-12-19)9-10-18-16(20)14-7-3-4-8-15(14)17/h3-4,7-8,13H,2,5-6,9-12,17H2,1H3,(H,18,20). The second kappa shape index (κ2) is 7.29. The van der Waals surface area contributed by atoms with E-state index < -0.39 is 0 Å². The highest BCUT2D eigenvalue weighted by Gasteiger charge is 2.16. The van der Waals surface area contributed by atoms with Crippen LogP contribution >= 0.6 is 0 Å². The molecule has 20 heavy (non-hydrogen) atoms. The summed E-state index contributed by atoms with van der Waals surface area (Å²) < 4.78 is 0. The number of nitrogens with two attached hydrogens (primary N) is 1. The van der Waals surface area contributed by atoms with Gasteiger partial charge >= 0.3 is 0 Å². The summed E-state index contributed by atoms with van der Waals surface area (Å²) in [6.07, 6.45) is 4.94. The summed E-state index contributed by atoms with van der Waals surface area (Å²) >= 11 is 0. The molecule has 1 fully saturated rings. The molecule has 0 spiro atoms. The SMILES string of the molecule is CC(CCNC(=O)c1ccccc1N)N1CCCCC1. The van der Waals surface area contributed by atoms with E-state index in [0.717, 1.165) is 6.42 Å². The van der Waals surface area contributed by atoms with E-state index in [1.54, 1.807) is 12.1 Å². The number of carbonyl (C=O) groups is 1. The molecule has 110 valence electrons. The molecule has 0 aromatic heterocycles. The average Bonchev–Trinajstić information content (AvgIpc) is 2.48. The number of carbonyl (C=O) groups excluding carboxylic acids is 1. The maximum atomic E-state index is 12.0. The Bertz CT molecular complexity index is 441. The summed E-state index contributed by atoms with van der Waals surface area (Å²) in [7, 11) is 0. The Morgan fingerprint density at radius 3 is 2.70 bits per heavy atom. The van der Waals surface area contributed by atoms with E-state index in [0.29, 0.717) is 23.8 Å². The second-order valence-electron chi connectivity index (χ2n) is 5.58. The van der Waals surface area contributed by atoms with Crippen LogP contribution in [0.25, 0.3) is 0 Å². The van der Waals surface area contributed by atoms with Crippen LogP contribution in [0.3, 0.4) is 0 Å². The van der Waals surface area contributed by atoms with Crippen LogP contribution in [-0.2, 0) is 0 Å². The van der Waals surface area contributed by atoms with Crippen LogP contribution in [0, 0.1) is 0 Å². The lowest BCUT2D eigenvalue weighted by atomic mass is 10.1. The van der Waals surface area contributed by atoms with Crippen LogP contribution in [0.2, 0.25) is 0 Å². The third-order valence-corrected chi connectivity index (χ3v) is 4.07. The number of likely N-dealkylation sites (tertiary alicyclic amines) is 1. The summed E-state index contributed by atoms with van der Waals surface area (Å²) in [6, 6.07) is 7.72. The molecule has 0 bridgehead atoms. The largest absolute Gasteiger partial charge is 0.398 e. The van der Waals surface area contributed by atoms with Crippen molar-refractivity contribution in [1.29, 1.82) is 0 Å². The van der Waals surface area contributed by atoms with Gasteiger partial charge in [-0.05, 0) is 51.4 Å². The van der Waals surface area contributed by atoms with E-state index in [4.69, 9.17) is 5.73 Å². The summed E-state index contributed by atoms with van der Waals surface area (Å²) in [5.74, 6) is -0.0751. The van der Waals surface area contributed by atoms with Gasteiger partial charge in [-0.15, -0.1) is 0 Å².